The Balaban J connectivity index is 2.80. The Kier molecular flexibility index (Phi) is 1.50. The predicted molar refractivity (Wildman–Crippen MR) is 42.7 cm³/mol. The molecule has 0 N–H and O–H groups in total. The normalized spacial score (nSPS) is 10.5. The van der Waals surface area contributed by atoms with Crippen LogP contribution in [0.1, 0.15) is 0 Å². The third-order valence-corrected chi connectivity index (χ3v) is 1.72. The molecule has 0 unspecified atom stereocenters. The lowest BCUT2D eigenvalue weighted by Crippen LogP contribution is -1.84. The van der Waals surface area contributed by atoms with Gasteiger partial charge in [-0.05, 0) is 6.07 Å². The summed E-state index contributed by atoms with van der Waals surface area (Å²) in [7, 11) is 1.50. The van der Waals surface area contributed by atoms with Crippen LogP contribution in [0.4, 0.5) is 4.39 Å². The molecular weight excluding hydrogens is 159 g/mol. The van der Waals surface area contributed by atoms with Crippen LogP contribution in [0.3, 0.4) is 0 Å². The highest BCUT2D eigenvalue weighted by Crippen LogP contribution is 2.27. The van der Waals surface area contributed by atoms with E-state index in [9.17, 15) is 4.39 Å². The van der Waals surface area contributed by atoms with Gasteiger partial charge in [0.15, 0.2) is 0 Å². The first-order valence-electron chi connectivity index (χ1n) is 3.52. The number of rotatable bonds is 1. The Hall–Kier alpha value is -1.51. The number of furan rings is 1. The van der Waals surface area contributed by atoms with Crippen LogP contribution in [0.25, 0.3) is 11.0 Å². The van der Waals surface area contributed by atoms with Crippen molar-refractivity contribution in [2.75, 3.05) is 7.11 Å². The molecule has 0 saturated heterocycles. The molecule has 0 amide bonds. The van der Waals surface area contributed by atoms with E-state index in [1.807, 2.05) is 0 Å². The highest BCUT2D eigenvalue weighted by atomic mass is 19.1. The summed E-state index contributed by atoms with van der Waals surface area (Å²) in [4.78, 5) is 0. The molecule has 2 rings (SSSR count). The number of hydrogen-bond acceptors (Lipinski definition) is 2. The van der Waals surface area contributed by atoms with Gasteiger partial charge in [-0.25, -0.2) is 4.39 Å². The van der Waals surface area contributed by atoms with Gasteiger partial charge in [0.05, 0.1) is 18.8 Å². The van der Waals surface area contributed by atoms with Crippen LogP contribution in [0.2, 0.25) is 0 Å². The van der Waals surface area contributed by atoms with E-state index in [0.29, 0.717) is 11.3 Å². The number of benzene rings is 1. The van der Waals surface area contributed by atoms with Gasteiger partial charge in [0.1, 0.15) is 17.1 Å². The molecule has 0 fully saturated rings. The quantitative estimate of drug-likeness (QED) is 0.649. The first-order valence-corrected chi connectivity index (χ1v) is 3.52. The molecule has 0 spiro atoms. The van der Waals surface area contributed by atoms with Crippen LogP contribution in [0, 0.1) is 5.82 Å². The molecule has 0 aliphatic heterocycles. The highest BCUT2D eigenvalue weighted by Gasteiger charge is 2.05. The molecule has 1 heterocycles. The summed E-state index contributed by atoms with van der Waals surface area (Å²) in [5.41, 5.74) is 0.506. The average Bonchev–Trinajstić information content (AvgIpc) is 2.50. The summed E-state index contributed by atoms with van der Waals surface area (Å²) in [6, 6.07) is 4.41. The number of halogens is 1. The standard InChI is InChI=1S/C9H7FO2/c1-11-8-4-6(10)5-9-7(8)2-3-12-9/h2-5H,1H3. The van der Waals surface area contributed by atoms with E-state index in [1.165, 1.54) is 25.5 Å². The van der Waals surface area contributed by atoms with Gasteiger partial charge >= 0.3 is 0 Å². The topological polar surface area (TPSA) is 22.4 Å². The maximum atomic E-state index is 12.8. The molecule has 1 aromatic carbocycles. The van der Waals surface area contributed by atoms with Crippen molar-refractivity contribution in [1.82, 2.24) is 0 Å². The number of hydrogen-bond donors (Lipinski definition) is 0. The van der Waals surface area contributed by atoms with Crippen LogP contribution in [-0.4, -0.2) is 7.11 Å². The van der Waals surface area contributed by atoms with Crippen molar-refractivity contribution in [3.63, 3.8) is 0 Å². The van der Waals surface area contributed by atoms with Crippen LogP contribution in [-0.2, 0) is 0 Å². The SMILES string of the molecule is COc1cc(F)cc2occc12. The van der Waals surface area contributed by atoms with Gasteiger partial charge in [-0.15, -0.1) is 0 Å². The number of ether oxygens (including phenoxy) is 1. The molecule has 62 valence electrons. The zero-order valence-electron chi connectivity index (χ0n) is 6.50. The minimum atomic E-state index is -0.352. The molecule has 2 nitrogen and oxygen atoms in total. The van der Waals surface area contributed by atoms with E-state index in [1.54, 1.807) is 6.07 Å². The fourth-order valence-electron chi connectivity index (χ4n) is 1.18. The lowest BCUT2D eigenvalue weighted by atomic mass is 10.2. The molecule has 0 atom stereocenters. The Labute approximate surface area is 68.6 Å². The van der Waals surface area contributed by atoms with Crippen molar-refractivity contribution in [3.05, 3.63) is 30.3 Å². The lowest BCUT2D eigenvalue weighted by molar-refractivity contribution is 0.416. The molecule has 0 aliphatic carbocycles. The second kappa shape index (κ2) is 2.52. The summed E-state index contributed by atoms with van der Waals surface area (Å²) in [6.07, 6.45) is 1.51. The first-order chi connectivity index (χ1) is 5.81. The van der Waals surface area contributed by atoms with Crippen LogP contribution >= 0.6 is 0 Å². The monoisotopic (exact) mass is 166 g/mol. The lowest BCUT2D eigenvalue weighted by Gasteiger charge is -1.99. The van der Waals surface area contributed by atoms with Crippen LogP contribution < -0.4 is 4.74 Å². The van der Waals surface area contributed by atoms with Crippen molar-refractivity contribution < 1.29 is 13.5 Å². The highest BCUT2D eigenvalue weighted by molar-refractivity contribution is 5.83. The molecule has 0 bridgehead atoms. The fraction of sp³-hybridized carbons (Fsp3) is 0.111. The summed E-state index contributed by atoms with van der Waals surface area (Å²) >= 11 is 0. The van der Waals surface area contributed by atoms with Crippen LogP contribution in [0.15, 0.2) is 28.9 Å². The van der Waals surface area contributed by atoms with Gasteiger partial charge < -0.3 is 9.15 Å². The molecule has 1 aromatic heterocycles. The van der Waals surface area contributed by atoms with Gasteiger partial charge in [0.2, 0.25) is 0 Å². The van der Waals surface area contributed by atoms with Gasteiger partial charge in [0.25, 0.3) is 0 Å². The molecule has 0 radical (unpaired) electrons. The van der Waals surface area contributed by atoms with Crippen molar-refractivity contribution in [3.8, 4) is 5.75 Å². The van der Waals surface area contributed by atoms with E-state index in [0.717, 1.165) is 5.39 Å². The smallest absolute Gasteiger partial charge is 0.140 e. The second-order valence-corrected chi connectivity index (χ2v) is 2.44. The predicted octanol–water partition coefficient (Wildman–Crippen LogP) is 2.58. The summed E-state index contributed by atoms with van der Waals surface area (Å²) in [5, 5.41) is 0.791. The molecule has 2 aromatic rings. The van der Waals surface area contributed by atoms with Gasteiger partial charge in [0, 0.05) is 12.1 Å². The molecule has 3 heteroatoms. The Morgan fingerprint density at radius 1 is 1.42 bits per heavy atom. The maximum absolute atomic E-state index is 12.8. The largest absolute Gasteiger partial charge is 0.496 e. The van der Waals surface area contributed by atoms with Gasteiger partial charge in [-0.3, -0.25) is 0 Å². The van der Waals surface area contributed by atoms with Crippen molar-refractivity contribution in [2.24, 2.45) is 0 Å². The van der Waals surface area contributed by atoms with E-state index in [2.05, 4.69) is 0 Å². The first kappa shape index (κ1) is 7.16. The van der Waals surface area contributed by atoms with E-state index in [-0.39, 0.29) is 5.82 Å². The number of methoxy groups -OCH3 is 1. The van der Waals surface area contributed by atoms with E-state index < -0.39 is 0 Å². The minimum absolute atomic E-state index is 0.352. The van der Waals surface area contributed by atoms with E-state index in [4.69, 9.17) is 9.15 Å². The maximum Gasteiger partial charge on any atom is 0.140 e. The minimum Gasteiger partial charge on any atom is -0.496 e. The molecule has 0 aliphatic rings. The van der Waals surface area contributed by atoms with Crippen LogP contribution in [0.5, 0.6) is 5.75 Å². The van der Waals surface area contributed by atoms with Crippen molar-refractivity contribution >= 4 is 11.0 Å². The average molecular weight is 166 g/mol. The fourth-order valence-corrected chi connectivity index (χ4v) is 1.18. The van der Waals surface area contributed by atoms with Crippen molar-refractivity contribution in [2.45, 2.75) is 0 Å². The summed E-state index contributed by atoms with van der Waals surface area (Å²) in [5.74, 6) is 0.146. The van der Waals surface area contributed by atoms with Gasteiger partial charge in [-0.1, -0.05) is 0 Å². The third kappa shape index (κ3) is 0.942. The molecular formula is C9H7FO2. The third-order valence-electron chi connectivity index (χ3n) is 1.72. The zero-order valence-corrected chi connectivity index (χ0v) is 6.50. The van der Waals surface area contributed by atoms with Gasteiger partial charge in [-0.2, -0.15) is 0 Å². The Bertz CT molecular complexity index is 406. The number of fused-ring (bicyclic) bond motifs is 1. The Morgan fingerprint density at radius 3 is 3.00 bits per heavy atom. The van der Waals surface area contributed by atoms with E-state index >= 15 is 0 Å². The molecule has 0 saturated carbocycles. The molecule has 12 heavy (non-hydrogen) atoms. The van der Waals surface area contributed by atoms with Crippen molar-refractivity contribution in [1.29, 1.82) is 0 Å². The Morgan fingerprint density at radius 2 is 2.25 bits per heavy atom. The second-order valence-electron chi connectivity index (χ2n) is 2.44. The summed E-state index contributed by atoms with van der Waals surface area (Å²) < 4.78 is 22.8. The summed E-state index contributed by atoms with van der Waals surface area (Å²) in [6.45, 7) is 0. The zero-order chi connectivity index (χ0) is 8.55.